The Morgan fingerprint density at radius 2 is 2.00 bits per heavy atom. The molecule has 32 heavy (non-hydrogen) atoms. The van der Waals surface area contributed by atoms with Gasteiger partial charge in [-0.05, 0) is 37.8 Å². The van der Waals surface area contributed by atoms with Gasteiger partial charge in [0.2, 0.25) is 0 Å². The van der Waals surface area contributed by atoms with E-state index in [1.54, 1.807) is 6.20 Å². The number of fused-ring (bicyclic) bond motifs is 2. The maximum absolute atomic E-state index is 6.20. The quantitative estimate of drug-likeness (QED) is 0.631. The van der Waals surface area contributed by atoms with E-state index in [0.29, 0.717) is 29.6 Å². The van der Waals surface area contributed by atoms with E-state index >= 15 is 0 Å². The van der Waals surface area contributed by atoms with E-state index < -0.39 is 0 Å². The summed E-state index contributed by atoms with van der Waals surface area (Å²) in [5.74, 6) is 3.32. The summed E-state index contributed by atoms with van der Waals surface area (Å²) in [6.45, 7) is 3.69. The fourth-order valence-electron chi connectivity index (χ4n) is 4.62. The van der Waals surface area contributed by atoms with Gasteiger partial charge in [-0.3, -0.25) is 0 Å². The second kappa shape index (κ2) is 7.74. The van der Waals surface area contributed by atoms with Gasteiger partial charge in [0.05, 0.1) is 24.4 Å². The standard InChI is InChI=1S/C25H27N5O2/c1-15(16-5-3-2-4-6-16)32-22-9-18(12-27-24(22)26)21-11-23(29-25(28-21)17-7-8-17)30-13-20-10-19(30)14-31-20/h2-6,9,11-12,15,17,19-20H,7-8,10,13-14H2,1H3,(H2,26,27)/t15?,19-,20-/m0/s1. The molecule has 2 N–H and O–H groups in total. The average molecular weight is 430 g/mol. The van der Waals surface area contributed by atoms with Crippen molar-refractivity contribution in [1.82, 2.24) is 15.0 Å². The lowest BCUT2D eigenvalue weighted by molar-refractivity contribution is 0.0989. The van der Waals surface area contributed by atoms with E-state index in [9.17, 15) is 0 Å². The summed E-state index contributed by atoms with van der Waals surface area (Å²) in [6.07, 6.45) is 5.34. The number of benzene rings is 1. The molecule has 3 atom stereocenters. The minimum Gasteiger partial charge on any atom is -0.482 e. The lowest BCUT2D eigenvalue weighted by Crippen LogP contribution is -2.37. The van der Waals surface area contributed by atoms with E-state index in [2.05, 4.69) is 16.0 Å². The predicted molar refractivity (Wildman–Crippen MR) is 123 cm³/mol. The Hall–Kier alpha value is -3.19. The first-order valence-corrected chi connectivity index (χ1v) is 11.4. The van der Waals surface area contributed by atoms with Crippen LogP contribution in [0.25, 0.3) is 11.3 Å². The minimum absolute atomic E-state index is 0.140. The Kier molecular flexibility index (Phi) is 4.72. The summed E-state index contributed by atoms with van der Waals surface area (Å²) in [5.41, 5.74) is 9.00. The van der Waals surface area contributed by atoms with Gasteiger partial charge in [0.25, 0.3) is 0 Å². The first kappa shape index (κ1) is 19.5. The number of aromatic nitrogens is 3. The highest BCUT2D eigenvalue weighted by Gasteiger charge is 2.40. The van der Waals surface area contributed by atoms with Gasteiger partial charge in [-0.2, -0.15) is 0 Å². The van der Waals surface area contributed by atoms with Crippen molar-refractivity contribution >= 4 is 11.6 Å². The minimum atomic E-state index is -0.140. The Morgan fingerprint density at radius 1 is 1.16 bits per heavy atom. The molecule has 3 fully saturated rings. The van der Waals surface area contributed by atoms with Crippen LogP contribution in [0.2, 0.25) is 0 Å². The Balaban J connectivity index is 1.33. The van der Waals surface area contributed by atoms with Crippen LogP contribution in [0.1, 0.15) is 49.6 Å². The SMILES string of the molecule is CC(Oc1cc(-c2cc(N3C[C@@H]4C[C@H]3CO4)nc(C3CC3)n2)cnc1N)c1ccccc1. The molecular formula is C25H27N5O2. The van der Waals surface area contributed by atoms with E-state index in [1.807, 2.05) is 43.3 Å². The Bertz CT molecular complexity index is 1130. The highest BCUT2D eigenvalue weighted by Crippen LogP contribution is 2.41. The van der Waals surface area contributed by atoms with Gasteiger partial charge in [0.15, 0.2) is 11.6 Å². The van der Waals surface area contributed by atoms with Gasteiger partial charge in [0, 0.05) is 30.3 Å². The molecule has 6 rings (SSSR count). The van der Waals surface area contributed by atoms with Crippen molar-refractivity contribution in [2.45, 2.75) is 50.4 Å². The van der Waals surface area contributed by atoms with Gasteiger partial charge in [0.1, 0.15) is 17.7 Å². The highest BCUT2D eigenvalue weighted by molar-refractivity contribution is 5.67. The summed E-state index contributed by atoms with van der Waals surface area (Å²) in [5, 5.41) is 0. The molecule has 1 unspecified atom stereocenters. The molecule has 2 bridgehead atoms. The Morgan fingerprint density at radius 3 is 2.72 bits per heavy atom. The molecule has 164 valence electrons. The third-order valence-corrected chi connectivity index (χ3v) is 6.62. The van der Waals surface area contributed by atoms with Gasteiger partial charge in [-0.15, -0.1) is 0 Å². The summed E-state index contributed by atoms with van der Waals surface area (Å²) in [4.78, 5) is 16.6. The second-order valence-corrected chi connectivity index (χ2v) is 9.02. The molecule has 7 heteroatoms. The first-order chi connectivity index (χ1) is 15.6. The van der Waals surface area contributed by atoms with Crippen LogP contribution in [-0.2, 0) is 4.74 Å². The van der Waals surface area contributed by atoms with Crippen LogP contribution in [0.15, 0.2) is 48.7 Å². The molecule has 1 aromatic carbocycles. The first-order valence-electron chi connectivity index (χ1n) is 11.4. The fourth-order valence-corrected chi connectivity index (χ4v) is 4.62. The van der Waals surface area contributed by atoms with Crippen LogP contribution in [0.4, 0.5) is 11.6 Å². The summed E-state index contributed by atoms with van der Waals surface area (Å²) < 4.78 is 12.0. The molecule has 0 spiro atoms. The van der Waals surface area contributed by atoms with Crippen LogP contribution in [0.3, 0.4) is 0 Å². The molecule has 2 saturated heterocycles. The summed E-state index contributed by atoms with van der Waals surface area (Å²) in [6, 6.07) is 14.5. The number of hydrogen-bond acceptors (Lipinski definition) is 7. The van der Waals surface area contributed by atoms with Crippen LogP contribution < -0.4 is 15.4 Å². The van der Waals surface area contributed by atoms with Crippen LogP contribution >= 0.6 is 0 Å². The normalized spacial score (nSPS) is 22.8. The molecule has 7 nitrogen and oxygen atoms in total. The highest BCUT2D eigenvalue weighted by atomic mass is 16.5. The number of rotatable bonds is 6. The van der Waals surface area contributed by atoms with E-state index in [1.165, 1.54) is 0 Å². The van der Waals surface area contributed by atoms with Crippen molar-refractivity contribution in [3.05, 3.63) is 60.0 Å². The number of morpholine rings is 1. The molecule has 2 aromatic heterocycles. The lowest BCUT2D eigenvalue weighted by atomic mass is 10.1. The Labute approximate surface area is 187 Å². The average Bonchev–Trinajstić information content (AvgIpc) is 3.47. The maximum Gasteiger partial charge on any atom is 0.166 e. The number of ether oxygens (including phenoxy) is 2. The molecule has 1 saturated carbocycles. The largest absolute Gasteiger partial charge is 0.482 e. The predicted octanol–water partition coefficient (Wildman–Crippen LogP) is 4.12. The zero-order valence-corrected chi connectivity index (χ0v) is 18.1. The molecule has 1 aliphatic carbocycles. The maximum atomic E-state index is 6.20. The number of nitrogens with zero attached hydrogens (tertiary/aromatic N) is 4. The topological polar surface area (TPSA) is 86.4 Å². The van der Waals surface area contributed by atoms with Crippen molar-refractivity contribution < 1.29 is 9.47 Å². The summed E-state index contributed by atoms with van der Waals surface area (Å²) in [7, 11) is 0. The second-order valence-electron chi connectivity index (χ2n) is 9.02. The van der Waals surface area contributed by atoms with E-state index in [4.69, 9.17) is 25.2 Å². The smallest absolute Gasteiger partial charge is 0.166 e. The number of nitrogen functional groups attached to an aromatic ring is 1. The molecule has 0 radical (unpaired) electrons. The van der Waals surface area contributed by atoms with Crippen LogP contribution in [0.5, 0.6) is 5.75 Å². The third-order valence-electron chi connectivity index (χ3n) is 6.62. The van der Waals surface area contributed by atoms with Crippen LogP contribution in [-0.4, -0.2) is 40.2 Å². The van der Waals surface area contributed by atoms with Gasteiger partial charge in [-0.1, -0.05) is 30.3 Å². The molecule has 4 heterocycles. The zero-order valence-electron chi connectivity index (χ0n) is 18.1. The molecule has 2 aliphatic heterocycles. The van der Waals surface area contributed by atoms with Crippen molar-refractivity contribution in [3.8, 4) is 17.0 Å². The van der Waals surface area contributed by atoms with Crippen molar-refractivity contribution in [3.63, 3.8) is 0 Å². The number of pyridine rings is 1. The van der Waals surface area contributed by atoms with Gasteiger partial charge >= 0.3 is 0 Å². The number of nitrogens with two attached hydrogens (primary N) is 1. The van der Waals surface area contributed by atoms with Crippen molar-refractivity contribution in [1.29, 1.82) is 0 Å². The molecular weight excluding hydrogens is 402 g/mol. The van der Waals surface area contributed by atoms with Crippen LogP contribution in [0, 0.1) is 0 Å². The third kappa shape index (κ3) is 3.66. The van der Waals surface area contributed by atoms with Gasteiger partial charge in [-0.25, -0.2) is 15.0 Å². The molecule has 0 amide bonds. The summed E-state index contributed by atoms with van der Waals surface area (Å²) >= 11 is 0. The van der Waals surface area contributed by atoms with Crippen molar-refractivity contribution in [2.75, 3.05) is 23.8 Å². The van der Waals surface area contributed by atoms with Gasteiger partial charge < -0.3 is 20.1 Å². The molecule has 3 aromatic rings. The zero-order chi connectivity index (χ0) is 21.7. The van der Waals surface area contributed by atoms with Crippen molar-refractivity contribution in [2.24, 2.45) is 0 Å². The fraction of sp³-hybridized carbons (Fsp3) is 0.400. The number of anilines is 2. The van der Waals surface area contributed by atoms with E-state index in [0.717, 1.165) is 60.9 Å². The molecule has 3 aliphatic rings. The number of hydrogen-bond donors (Lipinski definition) is 1. The monoisotopic (exact) mass is 429 g/mol. The lowest BCUT2D eigenvalue weighted by Gasteiger charge is -2.28. The van der Waals surface area contributed by atoms with E-state index in [-0.39, 0.29) is 6.10 Å².